The molecular formula is C24H36O. The lowest BCUT2D eigenvalue weighted by Gasteiger charge is -2.11. The Hall–Kier alpha value is -1.63. The summed E-state index contributed by atoms with van der Waals surface area (Å²) in [6.45, 7) is 13.1. The smallest absolute Gasteiger partial charge is 0.162 e. The van der Waals surface area contributed by atoms with E-state index in [0.29, 0.717) is 12.3 Å². The summed E-state index contributed by atoms with van der Waals surface area (Å²) < 4.78 is 0. The molecule has 25 heavy (non-hydrogen) atoms. The monoisotopic (exact) mass is 340 g/mol. The summed E-state index contributed by atoms with van der Waals surface area (Å²) >= 11 is 0. The van der Waals surface area contributed by atoms with Gasteiger partial charge in [0.2, 0.25) is 0 Å². The average Bonchev–Trinajstić information content (AvgIpc) is 2.52. The van der Waals surface area contributed by atoms with Crippen molar-refractivity contribution in [1.29, 1.82) is 0 Å². The van der Waals surface area contributed by atoms with E-state index in [1.54, 1.807) is 0 Å². The van der Waals surface area contributed by atoms with Crippen LogP contribution in [0.2, 0.25) is 0 Å². The van der Waals surface area contributed by atoms with Crippen LogP contribution in [0.15, 0.2) is 42.0 Å². The first-order chi connectivity index (χ1) is 11.7. The van der Waals surface area contributed by atoms with Crippen molar-refractivity contribution in [1.82, 2.24) is 0 Å². The van der Waals surface area contributed by atoms with Crippen molar-refractivity contribution in [2.24, 2.45) is 11.3 Å². The molecule has 1 aromatic rings. The minimum atomic E-state index is 0.177. The van der Waals surface area contributed by atoms with E-state index in [1.165, 1.54) is 12.0 Å². The van der Waals surface area contributed by atoms with Gasteiger partial charge in [-0.2, -0.15) is 0 Å². The fourth-order valence-electron chi connectivity index (χ4n) is 2.68. The van der Waals surface area contributed by atoms with Crippen LogP contribution in [0.1, 0.15) is 89.6 Å². The number of allylic oxidation sites excluding steroid dienone is 3. The van der Waals surface area contributed by atoms with Crippen LogP contribution < -0.4 is 0 Å². The Bertz CT molecular complexity index is 578. The Balaban J connectivity index is 2.40. The van der Waals surface area contributed by atoms with E-state index in [2.05, 4.69) is 59.8 Å². The molecule has 0 saturated carbocycles. The fourth-order valence-corrected chi connectivity index (χ4v) is 2.68. The number of ketones is 1. The molecule has 0 bridgehead atoms. The van der Waals surface area contributed by atoms with E-state index in [9.17, 15) is 4.79 Å². The van der Waals surface area contributed by atoms with Crippen LogP contribution in [0.3, 0.4) is 0 Å². The minimum Gasteiger partial charge on any atom is -0.294 e. The lowest BCUT2D eigenvalue weighted by atomic mass is 9.94. The van der Waals surface area contributed by atoms with Gasteiger partial charge in [0.15, 0.2) is 5.78 Å². The topological polar surface area (TPSA) is 17.1 Å². The van der Waals surface area contributed by atoms with E-state index >= 15 is 0 Å². The Morgan fingerprint density at radius 3 is 2.28 bits per heavy atom. The second-order valence-electron chi connectivity index (χ2n) is 8.60. The quantitative estimate of drug-likeness (QED) is 0.336. The highest BCUT2D eigenvalue weighted by molar-refractivity contribution is 5.96. The van der Waals surface area contributed by atoms with Gasteiger partial charge in [-0.3, -0.25) is 4.79 Å². The highest BCUT2D eigenvalue weighted by Gasteiger charge is 2.08. The Morgan fingerprint density at radius 1 is 1.08 bits per heavy atom. The number of hydrogen-bond donors (Lipinski definition) is 0. The zero-order chi connectivity index (χ0) is 18.9. The van der Waals surface area contributed by atoms with Gasteiger partial charge in [0.05, 0.1) is 0 Å². The van der Waals surface area contributed by atoms with E-state index in [4.69, 9.17) is 0 Å². The lowest BCUT2D eigenvalue weighted by Crippen LogP contribution is -2.01. The SMILES string of the molecule is CC(C)=CCC[C@H](C)CCCC(=O)c1ccc(/C=C/C(C)(C)C)cc1. The Labute approximate surface area is 155 Å². The molecule has 0 fully saturated rings. The van der Waals surface area contributed by atoms with Gasteiger partial charge in [-0.15, -0.1) is 0 Å². The van der Waals surface area contributed by atoms with E-state index < -0.39 is 0 Å². The molecule has 1 atom stereocenters. The van der Waals surface area contributed by atoms with Gasteiger partial charge in [-0.1, -0.05) is 82.2 Å². The summed E-state index contributed by atoms with van der Waals surface area (Å²) in [5.74, 6) is 0.955. The molecule has 1 rings (SSSR count). The summed E-state index contributed by atoms with van der Waals surface area (Å²) in [6, 6.07) is 8.00. The van der Waals surface area contributed by atoms with Gasteiger partial charge in [0, 0.05) is 12.0 Å². The average molecular weight is 341 g/mol. The third-order valence-corrected chi connectivity index (χ3v) is 4.32. The molecule has 1 aromatic carbocycles. The molecule has 0 aliphatic carbocycles. The predicted molar refractivity (Wildman–Crippen MR) is 111 cm³/mol. The first-order valence-corrected chi connectivity index (χ1v) is 9.63. The standard InChI is InChI=1S/C24H36O/c1-19(2)9-7-10-20(3)11-8-12-23(25)22-15-13-21(14-16-22)17-18-24(4,5)6/h9,13-18,20H,7-8,10-12H2,1-6H3/b18-17+/t20-/m0/s1. The van der Waals surface area contributed by atoms with Crippen LogP contribution in [0, 0.1) is 11.3 Å². The molecule has 0 aromatic heterocycles. The molecule has 0 amide bonds. The van der Waals surface area contributed by atoms with Gasteiger partial charge in [0.1, 0.15) is 0 Å². The molecular weight excluding hydrogens is 304 g/mol. The maximum absolute atomic E-state index is 12.3. The van der Waals surface area contributed by atoms with Crippen molar-refractivity contribution < 1.29 is 4.79 Å². The zero-order valence-electron chi connectivity index (χ0n) is 17.1. The number of hydrogen-bond acceptors (Lipinski definition) is 1. The van der Waals surface area contributed by atoms with Crippen molar-refractivity contribution in [3.05, 3.63) is 53.1 Å². The van der Waals surface area contributed by atoms with Crippen LogP contribution in [0.5, 0.6) is 0 Å². The third-order valence-electron chi connectivity index (χ3n) is 4.32. The molecule has 0 N–H and O–H groups in total. The van der Waals surface area contributed by atoms with Gasteiger partial charge in [0.25, 0.3) is 0 Å². The van der Waals surface area contributed by atoms with Gasteiger partial charge in [-0.05, 0) is 50.0 Å². The number of Topliss-reactive ketones (excluding diaryl/α,β-unsaturated/α-hetero) is 1. The van der Waals surface area contributed by atoms with Crippen molar-refractivity contribution >= 4 is 11.9 Å². The largest absolute Gasteiger partial charge is 0.294 e. The Morgan fingerprint density at radius 2 is 1.72 bits per heavy atom. The highest BCUT2D eigenvalue weighted by Crippen LogP contribution is 2.19. The molecule has 0 saturated heterocycles. The van der Waals surface area contributed by atoms with Crippen LogP contribution >= 0.6 is 0 Å². The first kappa shape index (κ1) is 21.4. The number of carbonyl (C=O) groups excluding carboxylic acids is 1. The van der Waals surface area contributed by atoms with Crippen molar-refractivity contribution in [2.75, 3.05) is 0 Å². The summed E-state index contributed by atoms with van der Waals surface area (Å²) in [5.41, 5.74) is 3.56. The highest BCUT2D eigenvalue weighted by atomic mass is 16.1. The van der Waals surface area contributed by atoms with E-state index in [0.717, 1.165) is 30.4 Å². The fraction of sp³-hybridized carbons (Fsp3) is 0.542. The van der Waals surface area contributed by atoms with Crippen molar-refractivity contribution in [2.45, 2.75) is 73.6 Å². The van der Waals surface area contributed by atoms with Crippen LogP contribution in [0.25, 0.3) is 6.08 Å². The maximum Gasteiger partial charge on any atom is 0.162 e. The summed E-state index contributed by atoms with van der Waals surface area (Å²) in [5, 5.41) is 0. The molecule has 0 aliphatic heterocycles. The normalized spacial score (nSPS) is 13.0. The summed E-state index contributed by atoms with van der Waals surface area (Å²) in [6.07, 6.45) is 11.8. The van der Waals surface area contributed by atoms with E-state index in [1.807, 2.05) is 24.3 Å². The lowest BCUT2D eigenvalue weighted by molar-refractivity contribution is 0.0978. The number of benzene rings is 1. The van der Waals surface area contributed by atoms with Crippen LogP contribution in [-0.4, -0.2) is 5.78 Å². The first-order valence-electron chi connectivity index (χ1n) is 9.63. The second kappa shape index (κ2) is 10.4. The molecule has 0 heterocycles. The molecule has 0 unspecified atom stereocenters. The zero-order valence-corrected chi connectivity index (χ0v) is 17.1. The number of carbonyl (C=O) groups is 1. The van der Waals surface area contributed by atoms with Crippen molar-refractivity contribution in [3.8, 4) is 0 Å². The molecule has 0 aliphatic rings. The third kappa shape index (κ3) is 10.1. The van der Waals surface area contributed by atoms with Gasteiger partial charge >= 0.3 is 0 Å². The molecule has 1 nitrogen and oxygen atoms in total. The maximum atomic E-state index is 12.3. The summed E-state index contributed by atoms with van der Waals surface area (Å²) in [7, 11) is 0. The van der Waals surface area contributed by atoms with Gasteiger partial charge < -0.3 is 0 Å². The van der Waals surface area contributed by atoms with Gasteiger partial charge in [-0.25, -0.2) is 0 Å². The molecule has 0 spiro atoms. The van der Waals surface area contributed by atoms with Crippen molar-refractivity contribution in [3.63, 3.8) is 0 Å². The summed E-state index contributed by atoms with van der Waals surface area (Å²) in [4.78, 5) is 12.3. The second-order valence-corrected chi connectivity index (χ2v) is 8.60. The minimum absolute atomic E-state index is 0.177. The molecule has 138 valence electrons. The van der Waals surface area contributed by atoms with Crippen LogP contribution in [-0.2, 0) is 0 Å². The molecule has 1 heteroatoms. The number of rotatable bonds is 9. The van der Waals surface area contributed by atoms with E-state index in [-0.39, 0.29) is 11.2 Å². The Kier molecular flexibility index (Phi) is 8.89. The van der Waals surface area contributed by atoms with Crippen LogP contribution in [0.4, 0.5) is 0 Å². The molecule has 0 radical (unpaired) electrons. The predicted octanol–water partition coefficient (Wildman–Crippen LogP) is 7.48.